The number of ketones is 1. The first kappa shape index (κ1) is 8.88. The minimum atomic E-state index is -1.08. The van der Waals surface area contributed by atoms with Crippen LogP contribution in [0.2, 0.25) is 0 Å². The molecule has 1 unspecified atom stereocenters. The maximum absolute atomic E-state index is 10.5. The van der Waals surface area contributed by atoms with Crippen LogP contribution in [0.5, 0.6) is 0 Å². The fraction of sp³-hybridized carbons (Fsp3) is 0.429. The second kappa shape index (κ2) is 3.82. The van der Waals surface area contributed by atoms with Crippen LogP contribution in [-0.4, -0.2) is 16.9 Å². The highest BCUT2D eigenvalue weighted by Gasteiger charge is 2.19. The summed E-state index contributed by atoms with van der Waals surface area (Å²) in [5.41, 5.74) is 0. The molecule has 0 heterocycles. The van der Waals surface area contributed by atoms with E-state index in [0.717, 1.165) is 0 Å². The van der Waals surface area contributed by atoms with Gasteiger partial charge in [0.25, 0.3) is 0 Å². The van der Waals surface area contributed by atoms with E-state index in [4.69, 9.17) is 5.11 Å². The third-order valence-electron chi connectivity index (χ3n) is 1.19. The summed E-state index contributed by atoms with van der Waals surface area (Å²) >= 11 is 0. The molecule has 1 N–H and O–H groups in total. The SMILES string of the molecule is C=CCC(C(C)=O)C(=O)O. The van der Waals surface area contributed by atoms with E-state index in [1.54, 1.807) is 0 Å². The highest BCUT2D eigenvalue weighted by atomic mass is 16.4. The lowest BCUT2D eigenvalue weighted by molar-refractivity contribution is -0.145. The van der Waals surface area contributed by atoms with Gasteiger partial charge in [-0.25, -0.2) is 0 Å². The quantitative estimate of drug-likeness (QED) is 0.467. The molecule has 3 heteroatoms. The lowest BCUT2D eigenvalue weighted by Crippen LogP contribution is -2.20. The highest BCUT2D eigenvalue weighted by Crippen LogP contribution is 2.04. The summed E-state index contributed by atoms with van der Waals surface area (Å²) < 4.78 is 0. The smallest absolute Gasteiger partial charge is 0.314 e. The number of carbonyl (C=O) groups excluding carboxylic acids is 1. The number of carboxylic acids is 1. The van der Waals surface area contributed by atoms with Crippen molar-refractivity contribution in [3.8, 4) is 0 Å². The van der Waals surface area contributed by atoms with Gasteiger partial charge in [-0.15, -0.1) is 6.58 Å². The minimum Gasteiger partial charge on any atom is -0.481 e. The molecule has 0 saturated carbocycles. The Labute approximate surface area is 59.4 Å². The summed E-state index contributed by atoms with van der Waals surface area (Å²) in [7, 11) is 0. The highest BCUT2D eigenvalue weighted by molar-refractivity contribution is 5.96. The molecule has 0 aliphatic heterocycles. The number of hydrogen-bond acceptors (Lipinski definition) is 2. The standard InChI is InChI=1S/C7H10O3/c1-3-4-6(5(2)8)7(9)10/h3,6H,1,4H2,2H3,(H,9,10). The predicted molar refractivity (Wildman–Crippen MR) is 36.6 cm³/mol. The minimum absolute atomic E-state index is 0.213. The molecule has 1 atom stereocenters. The van der Waals surface area contributed by atoms with E-state index in [2.05, 4.69) is 6.58 Å². The maximum Gasteiger partial charge on any atom is 0.314 e. The zero-order valence-electron chi connectivity index (χ0n) is 5.83. The van der Waals surface area contributed by atoms with Crippen LogP contribution in [-0.2, 0) is 9.59 Å². The second-order valence-corrected chi connectivity index (χ2v) is 2.03. The molecular formula is C7H10O3. The van der Waals surface area contributed by atoms with Crippen molar-refractivity contribution in [3.05, 3.63) is 12.7 Å². The van der Waals surface area contributed by atoms with Crippen LogP contribution in [0, 0.1) is 5.92 Å². The van der Waals surface area contributed by atoms with E-state index < -0.39 is 11.9 Å². The van der Waals surface area contributed by atoms with E-state index in [1.165, 1.54) is 13.0 Å². The molecule has 0 aliphatic carbocycles. The summed E-state index contributed by atoms with van der Waals surface area (Å²) in [6, 6.07) is 0. The Hall–Kier alpha value is -1.12. The van der Waals surface area contributed by atoms with Crippen LogP contribution in [0.25, 0.3) is 0 Å². The first-order valence-corrected chi connectivity index (χ1v) is 2.93. The topological polar surface area (TPSA) is 54.4 Å². The zero-order valence-corrected chi connectivity index (χ0v) is 5.83. The molecule has 0 aromatic carbocycles. The molecule has 10 heavy (non-hydrogen) atoms. The molecule has 0 radical (unpaired) electrons. The van der Waals surface area contributed by atoms with E-state index in [1.807, 2.05) is 0 Å². The molecule has 0 amide bonds. The van der Waals surface area contributed by atoms with Crippen molar-refractivity contribution in [2.24, 2.45) is 5.92 Å². The fourth-order valence-corrected chi connectivity index (χ4v) is 0.607. The van der Waals surface area contributed by atoms with Crippen LogP contribution in [0.3, 0.4) is 0 Å². The zero-order chi connectivity index (χ0) is 8.15. The number of allylic oxidation sites excluding steroid dienone is 1. The Balaban J connectivity index is 4.11. The van der Waals surface area contributed by atoms with Crippen molar-refractivity contribution in [1.29, 1.82) is 0 Å². The van der Waals surface area contributed by atoms with Gasteiger partial charge in [-0.05, 0) is 13.3 Å². The van der Waals surface area contributed by atoms with Gasteiger partial charge in [-0.3, -0.25) is 9.59 Å². The molecule has 0 aliphatic rings. The van der Waals surface area contributed by atoms with Gasteiger partial charge in [0.1, 0.15) is 11.7 Å². The van der Waals surface area contributed by atoms with Gasteiger partial charge in [-0.2, -0.15) is 0 Å². The summed E-state index contributed by atoms with van der Waals surface area (Å²) in [5.74, 6) is -2.31. The maximum atomic E-state index is 10.5. The Morgan fingerprint density at radius 1 is 1.70 bits per heavy atom. The van der Waals surface area contributed by atoms with Crippen LogP contribution >= 0.6 is 0 Å². The largest absolute Gasteiger partial charge is 0.481 e. The molecule has 0 aromatic rings. The van der Waals surface area contributed by atoms with Crippen LogP contribution in [0.4, 0.5) is 0 Å². The van der Waals surface area contributed by atoms with Gasteiger partial charge in [-0.1, -0.05) is 6.08 Å². The van der Waals surface area contributed by atoms with Gasteiger partial charge in [0.2, 0.25) is 0 Å². The van der Waals surface area contributed by atoms with Crippen molar-refractivity contribution in [2.75, 3.05) is 0 Å². The van der Waals surface area contributed by atoms with Crippen LogP contribution in [0.1, 0.15) is 13.3 Å². The first-order chi connectivity index (χ1) is 4.59. The first-order valence-electron chi connectivity index (χ1n) is 2.93. The average Bonchev–Trinajstić information content (AvgIpc) is 1.81. The normalized spacial score (nSPS) is 12.1. The molecule has 0 aromatic heterocycles. The van der Waals surface area contributed by atoms with Gasteiger partial charge in [0.05, 0.1) is 0 Å². The van der Waals surface area contributed by atoms with Crippen molar-refractivity contribution in [1.82, 2.24) is 0 Å². The second-order valence-electron chi connectivity index (χ2n) is 2.03. The predicted octanol–water partition coefficient (Wildman–Crippen LogP) is 0.852. The average molecular weight is 142 g/mol. The lowest BCUT2D eigenvalue weighted by Gasteiger charge is -2.02. The Bertz CT molecular complexity index is 146. The number of rotatable bonds is 4. The number of carbonyl (C=O) groups is 2. The van der Waals surface area contributed by atoms with Gasteiger partial charge in [0.15, 0.2) is 0 Å². The van der Waals surface area contributed by atoms with Crippen molar-refractivity contribution >= 4 is 11.8 Å². The van der Waals surface area contributed by atoms with Gasteiger partial charge < -0.3 is 5.11 Å². The number of hydrogen-bond donors (Lipinski definition) is 1. The summed E-state index contributed by atoms with van der Waals surface area (Å²) in [6.45, 7) is 4.62. The lowest BCUT2D eigenvalue weighted by atomic mass is 10.0. The molecule has 3 nitrogen and oxygen atoms in total. The molecule has 0 saturated heterocycles. The Morgan fingerprint density at radius 3 is 2.30 bits per heavy atom. The Kier molecular flexibility index (Phi) is 3.39. The van der Waals surface area contributed by atoms with Crippen molar-refractivity contribution in [2.45, 2.75) is 13.3 Å². The molecule has 56 valence electrons. The number of aliphatic carboxylic acids is 1. The van der Waals surface area contributed by atoms with E-state index in [9.17, 15) is 9.59 Å². The summed E-state index contributed by atoms with van der Waals surface area (Å²) in [5, 5.41) is 8.41. The monoisotopic (exact) mass is 142 g/mol. The van der Waals surface area contributed by atoms with Crippen molar-refractivity contribution in [3.63, 3.8) is 0 Å². The molecule has 0 rings (SSSR count). The number of carboxylic acid groups (broad SMARTS) is 1. The third kappa shape index (κ3) is 2.44. The third-order valence-corrected chi connectivity index (χ3v) is 1.19. The Morgan fingerprint density at radius 2 is 2.20 bits per heavy atom. The van der Waals surface area contributed by atoms with E-state index in [0.29, 0.717) is 0 Å². The molecule has 0 fully saturated rings. The number of Topliss-reactive ketones (excluding diaryl/α,β-unsaturated/α-hetero) is 1. The molecule has 0 bridgehead atoms. The summed E-state index contributed by atoms with van der Waals surface area (Å²) in [6.07, 6.45) is 1.64. The van der Waals surface area contributed by atoms with Gasteiger partial charge in [0, 0.05) is 0 Å². The van der Waals surface area contributed by atoms with Crippen LogP contribution < -0.4 is 0 Å². The van der Waals surface area contributed by atoms with Gasteiger partial charge >= 0.3 is 5.97 Å². The summed E-state index contributed by atoms with van der Waals surface area (Å²) in [4.78, 5) is 20.8. The van der Waals surface area contributed by atoms with E-state index >= 15 is 0 Å². The molecule has 0 spiro atoms. The molecular weight excluding hydrogens is 132 g/mol. The van der Waals surface area contributed by atoms with Crippen LogP contribution in [0.15, 0.2) is 12.7 Å². The van der Waals surface area contributed by atoms with Crippen molar-refractivity contribution < 1.29 is 14.7 Å². The fourth-order valence-electron chi connectivity index (χ4n) is 0.607. The van der Waals surface area contributed by atoms with E-state index in [-0.39, 0.29) is 12.2 Å².